The van der Waals surface area contributed by atoms with Gasteiger partial charge in [0.2, 0.25) is 5.89 Å². The first-order valence-corrected chi connectivity index (χ1v) is 7.38. The van der Waals surface area contributed by atoms with Gasteiger partial charge < -0.3 is 10.3 Å². The molecule has 1 aliphatic carbocycles. The summed E-state index contributed by atoms with van der Waals surface area (Å²) < 4.78 is 5.45. The maximum atomic E-state index is 6.33. The second-order valence-corrected chi connectivity index (χ2v) is 5.61. The molecule has 0 saturated carbocycles. The molecular formula is C16H21N3O. The van der Waals surface area contributed by atoms with Crippen molar-refractivity contribution in [1.29, 1.82) is 0 Å². The molecule has 1 heterocycles. The quantitative estimate of drug-likeness (QED) is 0.928. The van der Waals surface area contributed by atoms with E-state index in [1.165, 1.54) is 11.1 Å². The Kier molecular flexibility index (Phi) is 3.34. The van der Waals surface area contributed by atoms with E-state index in [0.717, 1.165) is 31.5 Å². The van der Waals surface area contributed by atoms with Crippen molar-refractivity contribution in [3.63, 3.8) is 0 Å². The normalized spacial score (nSPS) is 18.2. The van der Waals surface area contributed by atoms with Crippen LogP contribution in [-0.4, -0.2) is 10.1 Å². The number of benzene rings is 1. The van der Waals surface area contributed by atoms with Crippen LogP contribution in [0.4, 0.5) is 0 Å². The summed E-state index contributed by atoms with van der Waals surface area (Å²) in [6, 6.07) is 8.51. The zero-order chi connectivity index (χ0) is 14.2. The third kappa shape index (κ3) is 2.04. The highest BCUT2D eigenvalue weighted by molar-refractivity contribution is 5.38. The van der Waals surface area contributed by atoms with Gasteiger partial charge in [-0.05, 0) is 36.8 Å². The molecule has 3 rings (SSSR count). The van der Waals surface area contributed by atoms with Crippen LogP contribution in [0.5, 0.6) is 0 Å². The number of rotatable bonds is 4. The van der Waals surface area contributed by atoms with Crippen molar-refractivity contribution < 1.29 is 4.52 Å². The summed E-state index contributed by atoms with van der Waals surface area (Å²) in [4.78, 5) is 4.60. The maximum Gasteiger partial charge on any atom is 0.246 e. The van der Waals surface area contributed by atoms with Crippen LogP contribution in [0.1, 0.15) is 61.9 Å². The topological polar surface area (TPSA) is 64.9 Å². The predicted octanol–water partition coefficient (Wildman–Crippen LogP) is 3.12. The summed E-state index contributed by atoms with van der Waals surface area (Å²) in [6.45, 7) is 4.11. The molecule has 0 amide bonds. The summed E-state index contributed by atoms with van der Waals surface area (Å²) in [5.41, 5.74) is 8.56. The molecule has 0 saturated heterocycles. The highest BCUT2D eigenvalue weighted by Crippen LogP contribution is 2.37. The van der Waals surface area contributed by atoms with Gasteiger partial charge in [-0.3, -0.25) is 0 Å². The minimum Gasteiger partial charge on any atom is -0.337 e. The lowest BCUT2D eigenvalue weighted by molar-refractivity contribution is 0.266. The molecule has 0 spiro atoms. The van der Waals surface area contributed by atoms with Crippen molar-refractivity contribution in [3.8, 4) is 0 Å². The van der Waals surface area contributed by atoms with Crippen LogP contribution in [-0.2, 0) is 12.0 Å². The Morgan fingerprint density at radius 1 is 1.30 bits per heavy atom. The Balaban J connectivity index is 1.92. The molecule has 1 unspecified atom stereocenters. The number of aryl methyl sites for hydroxylation is 1. The Bertz CT molecular complexity index is 601. The van der Waals surface area contributed by atoms with Gasteiger partial charge in [-0.25, -0.2) is 0 Å². The molecule has 1 aromatic heterocycles. The molecule has 0 radical (unpaired) electrons. The SMILES string of the molecule is CCC(N)(CC)c1nc(C2CCc3ccccc32)no1. The van der Waals surface area contributed by atoms with Gasteiger partial charge >= 0.3 is 0 Å². The van der Waals surface area contributed by atoms with Crippen molar-refractivity contribution in [2.24, 2.45) is 5.73 Å². The Morgan fingerprint density at radius 3 is 2.80 bits per heavy atom. The third-order valence-electron chi connectivity index (χ3n) is 4.57. The van der Waals surface area contributed by atoms with E-state index in [2.05, 4.69) is 48.3 Å². The number of fused-ring (bicyclic) bond motifs is 1. The van der Waals surface area contributed by atoms with Gasteiger partial charge in [0, 0.05) is 5.92 Å². The molecule has 20 heavy (non-hydrogen) atoms. The van der Waals surface area contributed by atoms with Crippen LogP contribution >= 0.6 is 0 Å². The van der Waals surface area contributed by atoms with Crippen molar-refractivity contribution >= 4 is 0 Å². The van der Waals surface area contributed by atoms with E-state index in [9.17, 15) is 0 Å². The van der Waals surface area contributed by atoms with Gasteiger partial charge in [0.1, 0.15) is 0 Å². The average molecular weight is 271 g/mol. The molecule has 106 valence electrons. The fraction of sp³-hybridized carbons (Fsp3) is 0.500. The Morgan fingerprint density at radius 2 is 2.05 bits per heavy atom. The first-order valence-electron chi connectivity index (χ1n) is 7.38. The van der Waals surface area contributed by atoms with E-state index >= 15 is 0 Å². The van der Waals surface area contributed by atoms with E-state index in [1.54, 1.807) is 0 Å². The van der Waals surface area contributed by atoms with Gasteiger partial charge in [0.05, 0.1) is 5.54 Å². The fourth-order valence-corrected chi connectivity index (χ4v) is 2.96. The van der Waals surface area contributed by atoms with Crippen LogP contribution in [0.15, 0.2) is 28.8 Å². The highest BCUT2D eigenvalue weighted by atomic mass is 16.5. The van der Waals surface area contributed by atoms with Crippen LogP contribution in [0.25, 0.3) is 0 Å². The fourth-order valence-electron chi connectivity index (χ4n) is 2.96. The van der Waals surface area contributed by atoms with E-state index < -0.39 is 5.54 Å². The number of nitrogens with two attached hydrogens (primary N) is 1. The minimum absolute atomic E-state index is 0.252. The lowest BCUT2D eigenvalue weighted by Crippen LogP contribution is -2.35. The number of hydrogen-bond acceptors (Lipinski definition) is 4. The van der Waals surface area contributed by atoms with Gasteiger partial charge in [-0.2, -0.15) is 4.98 Å². The summed E-state index contributed by atoms with van der Waals surface area (Å²) >= 11 is 0. The molecule has 1 atom stereocenters. The summed E-state index contributed by atoms with van der Waals surface area (Å²) in [5.74, 6) is 1.60. The zero-order valence-corrected chi connectivity index (χ0v) is 12.1. The lowest BCUT2D eigenvalue weighted by Gasteiger charge is -2.21. The molecule has 1 aliphatic rings. The van der Waals surface area contributed by atoms with Crippen molar-refractivity contribution in [3.05, 3.63) is 47.1 Å². The van der Waals surface area contributed by atoms with E-state index in [0.29, 0.717) is 5.89 Å². The molecule has 2 aromatic rings. The van der Waals surface area contributed by atoms with E-state index in [4.69, 9.17) is 10.3 Å². The molecular weight excluding hydrogens is 250 g/mol. The van der Waals surface area contributed by atoms with Crippen LogP contribution in [0, 0.1) is 0 Å². The molecule has 4 nitrogen and oxygen atoms in total. The van der Waals surface area contributed by atoms with Gasteiger partial charge in [-0.15, -0.1) is 0 Å². The molecule has 2 N–H and O–H groups in total. The van der Waals surface area contributed by atoms with Crippen molar-refractivity contribution in [2.75, 3.05) is 0 Å². The maximum absolute atomic E-state index is 6.33. The molecule has 0 bridgehead atoms. The first-order chi connectivity index (χ1) is 9.68. The summed E-state index contributed by atoms with van der Waals surface area (Å²) in [5, 5.41) is 4.19. The Hall–Kier alpha value is -1.68. The van der Waals surface area contributed by atoms with Gasteiger partial charge in [-0.1, -0.05) is 43.3 Å². The number of nitrogens with zero attached hydrogens (tertiary/aromatic N) is 2. The largest absolute Gasteiger partial charge is 0.337 e. The predicted molar refractivity (Wildman–Crippen MR) is 77.4 cm³/mol. The van der Waals surface area contributed by atoms with E-state index in [1.807, 2.05) is 0 Å². The standard InChI is InChI=1S/C16H21N3O/c1-3-16(17,4-2)15-18-14(19-20-15)13-10-9-11-7-5-6-8-12(11)13/h5-8,13H,3-4,9-10,17H2,1-2H3. The Labute approximate surface area is 119 Å². The average Bonchev–Trinajstić information content (AvgIpc) is 3.12. The van der Waals surface area contributed by atoms with Crippen LogP contribution in [0.2, 0.25) is 0 Å². The highest BCUT2D eigenvalue weighted by Gasteiger charge is 2.33. The summed E-state index contributed by atoms with van der Waals surface area (Å²) in [7, 11) is 0. The second-order valence-electron chi connectivity index (χ2n) is 5.61. The number of aromatic nitrogens is 2. The molecule has 0 aliphatic heterocycles. The van der Waals surface area contributed by atoms with E-state index in [-0.39, 0.29) is 5.92 Å². The molecule has 1 aromatic carbocycles. The molecule has 4 heteroatoms. The molecule has 0 fully saturated rings. The van der Waals surface area contributed by atoms with Gasteiger partial charge in [0.15, 0.2) is 5.82 Å². The second kappa shape index (κ2) is 5.02. The van der Waals surface area contributed by atoms with Gasteiger partial charge in [0.25, 0.3) is 0 Å². The third-order valence-corrected chi connectivity index (χ3v) is 4.57. The monoisotopic (exact) mass is 271 g/mol. The van der Waals surface area contributed by atoms with Crippen LogP contribution in [0.3, 0.4) is 0 Å². The number of hydrogen-bond donors (Lipinski definition) is 1. The zero-order valence-electron chi connectivity index (χ0n) is 12.1. The summed E-state index contributed by atoms with van der Waals surface area (Å²) in [6.07, 6.45) is 3.73. The minimum atomic E-state index is -0.497. The van der Waals surface area contributed by atoms with Crippen molar-refractivity contribution in [1.82, 2.24) is 10.1 Å². The smallest absolute Gasteiger partial charge is 0.246 e. The van der Waals surface area contributed by atoms with Crippen molar-refractivity contribution in [2.45, 2.75) is 51.0 Å². The lowest BCUT2D eigenvalue weighted by atomic mass is 9.94. The van der Waals surface area contributed by atoms with Crippen LogP contribution < -0.4 is 5.73 Å². The first kappa shape index (κ1) is 13.3.